The Kier molecular flexibility index (Phi) is 11.8. The maximum Gasteiger partial charge on any atom is 0.407 e. The van der Waals surface area contributed by atoms with Crippen LogP contribution in [-0.4, -0.2) is 72.0 Å². The molecular formula is C29H48N2O7. The van der Waals surface area contributed by atoms with Crippen molar-refractivity contribution in [3.8, 4) is 17.2 Å². The molecular weight excluding hydrogens is 488 g/mol. The third-order valence-electron chi connectivity index (χ3n) is 7.46. The molecule has 0 heterocycles. The highest BCUT2D eigenvalue weighted by Gasteiger charge is 2.50. The second kappa shape index (κ2) is 14.8. The van der Waals surface area contributed by atoms with Gasteiger partial charge in [0.2, 0.25) is 0 Å². The SMILES string of the molecule is COc1cc(OCCC2CC3C2C[C@H]3C)cc(OC)c1CNCCOCCOCCNC(=O)OC(C)(C)C. The molecule has 0 aromatic heterocycles. The number of rotatable bonds is 17. The number of carbonyl (C=O) groups excluding carboxylic acids is 1. The normalized spacial score (nSPS) is 22.1. The van der Waals surface area contributed by atoms with E-state index < -0.39 is 11.7 Å². The fourth-order valence-corrected chi connectivity index (χ4v) is 5.38. The topological polar surface area (TPSA) is 96.5 Å². The quantitative estimate of drug-likeness (QED) is 0.283. The molecule has 3 rings (SSSR count). The van der Waals surface area contributed by atoms with Crippen molar-refractivity contribution in [2.45, 2.75) is 59.1 Å². The first-order valence-electron chi connectivity index (χ1n) is 13.9. The van der Waals surface area contributed by atoms with Gasteiger partial charge < -0.3 is 39.1 Å². The highest BCUT2D eigenvalue weighted by atomic mass is 16.6. The molecule has 1 amide bonds. The van der Waals surface area contributed by atoms with Gasteiger partial charge in [-0.05, 0) is 63.7 Å². The summed E-state index contributed by atoms with van der Waals surface area (Å²) < 4.78 is 33.6. The number of fused-ring (bicyclic) bond motifs is 1. The molecule has 4 atom stereocenters. The van der Waals surface area contributed by atoms with Crippen molar-refractivity contribution in [2.75, 3.05) is 60.3 Å². The smallest absolute Gasteiger partial charge is 0.407 e. The van der Waals surface area contributed by atoms with E-state index in [1.165, 1.54) is 12.8 Å². The lowest BCUT2D eigenvalue weighted by molar-refractivity contribution is -0.0855. The van der Waals surface area contributed by atoms with Crippen LogP contribution in [0.3, 0.4) is 0 Å². The zero-order valence-corrected chi connectivity index (χ0v) is 24.1. The average molecular weight is 537 g/mol. The first kappa shape index (κ1) is 30.3. The summed E-state index contributed by atoms with van der Waals surface area (Å²) in [5, 5.41) is 6.03. The molecule has 0 spiro atoms. The first-order chi connectivity index (χ1) is 18.2. The van der Waals surface area contributed by atoms with E-state index in [1.807, 2.05) is 32.9 Å². The van der Waals surface area contributed by atoms with Gasteiger partial charge in [0.05, 0.1) is 52.8 Å². The van der Waals surface area contributed by atoms with Crippen molar-refractivity contribution in [2.24, 2.45) is 23.7 Å². The molecule has 0 aliphatic heterocycles. The van der Waals surface area contributed by atoms with E-state index in [2.05, 4.69) is 17.6 Å². The summed E-state index contributed by atoms with van der Waals surface area (Å²) in [4.78, 5) is 11.6. The van der Waals surface area contributed by atoms with E-state index in [0.29, 0.717) is 46.1 Å². The van der Waals surface area contributed by atoms with Crippen LogP contribution in [-0.2, 0) is 20.8 Å². The molecule has 0 radical (unpaired) electrons. The van der Waals surface area contributed by atoms with Crippen LogP contribution >= 0.6 is 0 Å². The molecule has 2 fully saturated rings. The minimum absolute atomic E-state index is 0.394. The van der Waals surface area contributed by atoms with Crippen molar-refractivity contribution in [3.05, 3.63) is 17.7 Å². The molecule has 216 valence electrons. The number of amides is 1. The Morgan fingerprint density at radius 3 is 2.13 bits per heavy atom. The highest BCUT2D eigenvalue weighted by molar-refractivity contribution is 5.67. The Bertz CT molecular complexity index is 848. The van der Waals surface area contributed by atoms with Crippen LogP contribution in [0.4, 0.5) is 4.79 Å². The standard InChI is InChI=1S/C29H48N2O7/c1-20-15-24-21(16-23(20)24)7-10-37-22-17-26(33-5)25(27(18-22)34-6)19-30-8-11-35-13-14-36-12-9-31-28(32)38-29(2,3)4/h17-18,20-21,23-24,30H,7-16,19H2,1-6H3,(H,31,32)/t20-,21?,23?,24?/m1/s1. The number of nitrogens with one attached hydrogen (secondary N) is 2. The number of ether oxygens (including phenoxy) is 6. The number of hydrogen-bond donors (Lipinski definition) is 2. The number of benzene rings is 1. The second-order valence-corrected chi connectivity index (χ2v) is 11.3. The predicted octanol–water partition coefficient (Wildman–Crippen LogP) is 4.41. The molecule has 2 N–H and O–H groups in total. The third-order valence-corrected chi connectivity index (χ3v) is 7.46. The summed E-state index contributed by atoms with van der Waals surface area (Å²) in [6.07, 6.45) is 3.45. The third kappa shape index (κ3) is 9.20. The van der Waals surface area contributed by atoms with E-state index in [9.17, 15) is 4.79 Å². The van der Waals surface area contributed by atoms with Crippen LogP contribution < -0.4 is 24.8 Å². The maximum absolute atomic E-state index is 11.6. The van der Waals surface area contributed by atoms with E-state index in [0.717, 1.165) is 59.5 Å². The summed E-state index contributed by atoms with van der Waals surface area (Å²) in [6.45, 7) is 12.1. The molecule has 2 saturated carbocycles. The van der Waals surface area contributed by atoms with Crippen molar-refractivity contribution < 1.29 is 33.2 Å². The molecule has 9 nitrogen and oxygen atoms in total. The summed E-state index contributed by atoms with van der Waals surface area (Å²) in [6, 6.07) is 3.89. The molecule has 2 aliphatic carbocycles. The molecule has 3 unspecified atom stereocenters. The molecule has 1 aromatic carbocycles. The van der Waals surface area contributed by atoms with Crippen LogP contribution in [0, 0.1) is 23.7 Å². The summed E-state index contributed by atoms with van der Waals surface area (Å²) in [5.41, 5.74) is 0.447. The van der Waals surface area contributed by atoms with Gasteiger partial charge in [-0.15, -0.1) is 0 Å². The minimum atomic E-state index is -0.505. The molecule has 1 aromatic rings. The zero-order valence-electron chi connectivity index (χ0n) is 24.1. The Hall–Kier alpha value is -2.23. The first-order valence-corrected chi connectivity index (χ1v) is 13.9. The van der Waals surface area contributed by atoms with Crippen molar-refractivity contribution in [3.63, 3.8) is 0 Å². The van der Waals surface area contributed by atoms with E-state index >= 15 is 0 Å². The largest absolute Gasteiger partial charge is 0.496 e. The van der Waals surface area contributed by atoms with Gasteiger partial charge in [0.15, 0.2) is 0 Å². The highest BCUT2D eigenvalue weighted by Crippen LogP contribution is 2.58. The van der Waals surface area contributed by atoms with E-state index in [1.54, 1.807) is 14.2 Å². The van der Waals surface area contributed by atoms with E-state index in [-0.39, 0.29) is 0 Å². The number of carbonyl (C=O) groups is 1. The Morgan fingerprint density at radius 1 is 0.921 bits per heavy atom. The van der Waals surface area contributed by atoms with Gasteiger partial charge in [0.1, 0.15) is 22.8 Å². The molecule has 9 heteroatoms. The minimum Gasteiger partial charge on any atom is -0.496 e. The number of alkyl carbamates (subject to hydrolysis) is 1. The van der Waals surface area contributed by atoms with Gasteiger partial charge >= 0.3 is 6.09 Å². The molecule has 2 aliphatic rings. The van der Waals surface area contributed by atoms with Gasteiger partial charge in [-0.25, -0.2) is 4.79 Å². The lowest BCUT2D eigenvalue weighted by Crippen LogP contribution is -2.50. The monoisotopic (exact) mass is 536 g/mol. The van der Waals surface area contributed by atoms with Crippen molar-refractivity contribution >= 4 is 6.09 Å². The molecule has 0 bridgehead atoms. The fraction of sp³-hybridized carbons (Fsp3) is 0.759. The Balaban J connectivity index is 1.26. The van der Waals surface area contributed by atoms with Crippen LogP contribution in [0.2, 0.25) is 0 Å². The van der Waals surface area contributed by atoms with Gasteiger partial charge in [0.25, 0.3) is 0 Å². The lowest BCUT2D eigenvalue weighted by atomic mass is 9.48. The lowest BCUT2D eigenvalue weighted by Gasteiger charge is -2.57. The van der Waals surface area contributed by atoms with Crippen molar-refractivity contribution in [1.82, 2.24) is 10.6 Å². The summed E-state index contributed by atoms with van der Waals surface area (Å²) in [7, 11) is 3.33. The van der Waals surface area contributed by atoms with E-state index in [4.69, 9.17) is 28.4 Å². The van der Waals surface area contributed by atoms with Crippen LogP contribution in [0.1, 0.15) is 52.5 Å². The maximum atomic E-state index is 11.6. The fourth-order valence-electron chi connectivity index (χ4n) is 5.38. The number of hydrogen-bond acceptors (Lipinski definition) is 8. The van der Waals surface area contributed by atoms with Gasteiger partial charge in [-0.2, -0.15) is 0 Å². The van der Waals surface area contributed by atoms with Gasteiger partial charge in [0, 0.05) is 31.8 Å². The zero-order chi connectivity index (χ0) is 27.5. The van der Waals surface area contributed by atoms with Crippen LogP contribution in [0.15, 0.2) is 12.1 Å². The number of methoxy groups -OCH3 is 2. The summed E-state index contributed by atoms with van der Waals surface area (Å²) in [5.74, 6) is 5.96. The van der Waals surface area contributed by atoms with Crippen molar-refractivity contribution in [1.29, 1.82) is 0 Å². The van der Waals surface area contributed by atoms with Crippen LogP contribution in [0.5, 0.6) is 17.2 Å². The Labute approximate surface area is 228 Å². The average Bonchev–Trinajstić information content (AvgIpc) is 2.86. The second-order valence-electron chi connectivity index (χ2n) is 11.3. The van der Waals surface area contributed by atoms with Gasteiger partial charge in [-0.3, -0.25) is 0 Å². The Morgan fingerprint density at radius 2 is 1.58 bits per heavy atom. The predicted molar refractivity (Wildman–Crippen MR) is 146 cm³/mol. The van der Waals surface area contributed by atoms with Crippen LogP contribution in [0.25, 0.3) is 0 Å². The molecule has 38 heavy (non-hydrogen) atoms. The van der Waals surface area contributed by atoms with Gasteiger partial charge in [-0.1, -0.05) is 6.92 Å². The summed E-state index contributed by atoms with van der Waals surface area (Å²) >= 11 is 0. The molecule has 0 saturated heterocycles.